The molecule has 358 valence electrons. The third-order valence-electron chi connectivity index (χ3n) is 14.0. The molecule has 3 fully saturated rings. The van der Waals surface area contributed by atoms with Gasteiger partial charge in [0.15, 0.2) is 0 Å². The molecule has 6 aromatic carbocycles. The van der Waals surface area contributed by atoms with Gasteiger partial charge < -0.3 is 29.6 Å². The van der Waals surface area contributed by atoms with Gasteiger partial charge in [-0.3, -0.25) is 19.7 Å². The number of nitrogens with one attached hydrogen (secondary N) is 3. The third kappa shape index (κ3) is 9.38. The number of carbonyl (C=O) groups excluding carboxylic acids is 2. The molecule has 14 nitrogen and oxygen atoms in total. The molecule has 1 unspecified atom stereocenters. The van der Waals surface area contributed by atoms with E-state index < -0.39 is 31.4 Å². The number of likely N-dealkylation sites (tertiary alicyclic amines) is 1. The Labute approximate surface area is 410 Å². The van der Waals surface area contributed by atoms with Crippen molar-refractivity contribution < 1.29 is 32.4 Å². The number of benzene rings is 6. The Balaban J connectivity index is 0.853. The molecule has 10 rings (SSSR count). The number of aromatic amines is 1. The Bertz CT molecular complexity index is 3240. The summed E-state index contributed by atoms with van der Waals surface area (Å²) < 4.78 is 42.3. The molecule has 2 saturated heterocycles. The Hall–Kier alpha value is -7.36. The Morgan fingerprint density at radius 1 is 0.886 bits per heavy atom. The minimum Gasteiger partial charge on any atom is -0.489 e. The first-order valence-electron chi connectivity index (χ1n) is 23.4. The van der Waals surface area contributed by atoms with Crippen molar-refractivity contribution in [2.45, 2.75) is 63.0 Å². The fraction of sp³-hybridized carbons (Fsp3) is 0.259. The van der Waals surface area contributed by atoms with Gasteiger partial charge in [0, 0.05) is 65.3 Å². The van der Waals surface area contributed by atoms with E-state index >= 15 is 0 Å². The molecule has 3 heterocycles. The number of nitrogens with zero attached hydrogens (tertiary/aromatic N) is 3. The lowest BCUT2D eigenvalue weighted by Crippen LogP contribution is -2.63. The smallest absolute Gasteiger partial charge is 0.294 e. The predicted molar refractivity (Wildman–Crippen MR) is 270 cm³/mol. The van der Waals surface area contributed by atoms with Gasteiger partial charge in [-0.25, -0.2) is 13.1 Å². The van der Waals surface area contributed by atoms with Gasteiger partial charge in [-0.05, 0) is 128 Å². The van der Waals surface area contributed by atoms with E-state index in [9.17, 15) is 28.1 Å². The summed E-state index contributed by atoms with van der Waals surface area (Å²) in [4.78, 5) is 46.6. The van der Waals surface area contributed by atoms with E-state index in [0.717, 1.165) is 83.6 Å². The second kappa shape index (κ2) is 19.2. The number of sulfonamides is 1. The fourth-order valence-corrected chi connectivity index (χ4v) is 11.5. The summed E-state index contributed by atoms with van der Waals surface area (Å²) in [6, 6.07) is 39.0. The monoisotopic (exact) mass is 978 g/mol. The number of aromatic nitrogens is 1. The van der Waals surface area contributed by atoms with Crippen molar-refractivity contribution in [2.75, 3.05) is 29.9 Å². The molecule has 7 aromatic rings. The lowest BCUT2D eigenvalue weighted by molar-refractivity contribution is -0.384. The average Bonchev–Trinajstić information content (AvgIpc) is 4.07. The number of amides is 2. The van der Waals surface area contributed by atoms with Gasteiger partial charge in [0.1, 0.15) is 29.5 Å². The van der Waals surface area contributed by atoms with Crippen molar-refractivity contribution in [3.8, 4) is 17.2 Å². The van der Waals surface area contributed by atoms with Crippen LogP contribution in [-0.4, -0.2) is 54.7 Å². The summed E-state index contributed by atoms with van der Waals surface area (Å²) in [6.07, 6.45) is 7.32. The normalized spacial score (nSPS) is 16.8. The largest absolute Gasteiger partial charge is 0.489 e. The van der Waals surface area contributed by atoms with Crippen molar-refractivity contribution in [1.82, 2.24) is 14.6 Å². The number of hydrogen-bond acceptors (Lipinski definition) is 10. The van der Waals surface area contributed by atoms with Crippen LogP contribution in [0.5, 0.6) is 17.2 Å². The Morgan fingerprint density at radius 2 is 1.69 bits per heavy atom. The molecular weight excluding hydrogens is 928 g/mol. The minimum absolute atomic E-state index is 0.0101. The number of anilines is 3. The summed E-state index contributed by atoms with van der Waals surface area (Å²) in [6.45, 7) is 4.30. The topological polar surface area (TPSA) is 176 Å². The quantitative estimate of drug-likeness (QED) is 0.0509. The number of nitro groups is 1. The molecule has 0 bridgehead atoms. The van der Waals surface area contributed by atoms with Crippen molar-refractivity contribution in [2.24, 2.45) is 11.3 Å². The minimum atomic E-state index is -4.63. The van der Waals surface area contributed by atoms with Gasteiger partial charge in [0.25, 0.3) is 21.6 Å². The molecule has 1 aromatic heterocycles. The molecule has 2 amide bonds. The van der Waals surface area contributed by atoms with Crippen LogP contribution in [0.4, 0.5) is 22.7 Å². The van der Waals surface area contributed by atoms with E-state index in [1.54, 1.807) is 42.6 Å². The zero-order chi connectivity index (χ0) is 48.6. The third-order valence-corrected chi connectivity index (χ3v) is 15.7. The van der Waals surface area contributed by atoms with E-state index in [4.69, 9.17) is 21.1 Å². The van der Waals surface area contributed by atoms with Crippen molar-refractivity contribution in [3.05, 3.63) is 177 Å². The zero-order valence-corrected chi connectivity index (χ0v) is 40.0. The van der Waals surface area contributed by atoms with Gasteiger partial charge in [0.2, 0.25) is 5.91 Å². The first-order chi connectivity index (χ1) is 33.8. The summed E-state index contributed by atoms with van der Waals surface area (Å²) in [5, 5.41) is 16.4. The highest BCUT2D eigenvalue weighted by atomic mass is 35.5. The lowest BCUT2D eigenvalue weighted by atomic mass is 9.66. The SMILES string of the molecule is Cc1ccc(Nc2ccc(S(=O)(=O)NC(=O)c3ccc(N4CCC(CN5C(=O)C6(CCCC6)C5c5cccc(OCc6ccccc6)c5)CC4)cc3Oc3ccc4[nH]ccc4c3)cc2[N+](=O)[O-])cc1Cl. The van der Waals surface area contributed by atoms with E-state index in [1.165, 1.54) is 18.2 Å². The van der Waals surface area contributed by atoms with Crippen molar-refractivity contribution >= 4 is 67.1 Å². The van der Waals surface area contributed by atoms with Crippen molar-refractivity contribution in [1.29, 1.82) is 0 Å². The first-order valence-corrected chi connectivity index (χ1v) is 25.3. The average molecular weight is 980 g/mol. The van der Waals surface area contributed by atoms with Crippen LogP contribution in [0.25, 0.3) is 10.9 Å². The maximum absolute atomic E-state index is 14.1. The highest BCUT2D eigenvalue weighted by Crippen LogP contribution is 2.59. The van der Waals surface area contributed by atoms with Gasteiger partial charge in [0.05, 0.1) is 26.8 Å². The molecule has 0 radical (unpaired) electrons. The molecule has 2 aliphatic heterocycles. The van der Waals surface area contributed by atoms with Crippen LogP contribution in [-0.2, 0) is 21.4 Å². The Morgan fingerprint density at radius 3 is 2.46 bits per heavy atom. The number of hydrogen-bond donors (Lipinski definition) is 3. The number of carbonyl (C=O) groups is 2. The number of halogens is 1. The van der Waals surface area contributed by atoms with Gasteiger partial charge in [-0.2, -0.15) is 0 Å². The number of nitro benzene ring substituents is 1. The van der Waals surface area contributed by atoms with Crippen LogP contribution in [0, 0.1) is 28.4 Å². The highest BCUT2D eigenvalue weighted by Gasteiger charge is 2.61. The van der Waals surface area contributed by atoms with Crippen LogP contribution in [0.3, 0.4) is 0 Å². The number of aryl methyl sites for hydroxylation is 1. The molecule has 3 aliphatic rings. The zero-order valence-electron chi connectivity index (χ0n) is 38.4. The van der Waals surface area contributed by atoms with Crippen molar-refractivity contribution in [3.63, 3.8) is 0 Å². The van der Waals surface area contributed by atoms with Gasteiger partial charge in [-0.1, -0.05) is 73.0 Å². The molecular formula is C54H51ClN6O8S. The summed E-state index contributed by atoms with van der Waals surface area (Å²) in [5.74, 6) is 0.866. The number of piperidine rings is 1. The van der Waals surface area contributed by atoms with Gasteiger partial charge in [-0.15, -0.1) is 0 Å². The molecule has 1 aliphatic carbocycles. The number of ether oxygens (including phenoxy) is 2. The number of rotatable bonds is 15. The first kappa shape index (κ1) is 46.4. The maximum atomic E-state index is 14.1. The second-order valence-electron chi connectivity index (χ2n) is 18.5. The number of fused-ring (bicyclic) bond motifs is 1. The molecule has 1 spiro atoms. The van der Waals surface area contributed by atoms with Crippen LogP contribution in [0.15, 0.2) is 145 Å². The van der Waals surface area contributed by atoms with Gasteiger partial charge >= 0.3 is 0 Å². The van der Waals surface area contributed by atoms with E-state index in [-0.39, 0.29) is 40.3 Å². The Kier molecular flexibility index (Phi) is 12.7. The van der Waals surface area contributed by atoms with E-state index in [1.807, 2.05) is 67.6 Å². The predicted octanol–water partition coefficient (Wildman–Crippen LogP) is 11.6. The summed E-state index contributed by atoms with van der Waals surface area (Å²) in [5.41, 5.74) is 4.24. The molecule has 70 heavy (non-hydrogen) atoms. The van der Waals surface area contributed by atoms with E-state index in [2.05, 4.69) is 37.0 Å². The van der Waals surface area contributed by atoms with Crippen LogP contribution >= 0.6 is 11.6 Å². The second-order valence-corrected chi connectivity index (χ2v) is 20.6. The number of H-pyrrole nitrogens is 1. The lowest BCUT2D eigenvalue weighted by Gasteiger charge is -2.56. The summed E-state index contributed by atoms with van der Waals surface area (Å²) >= 11 is 6.26. The number of β-lactam (4-membered cyclic amide) rings is 1. The highest BCUT2D eigenvalue weighted by molar-refractivity contribution is 7.90. The summed E-state index contributed by atoms with van der Waals surface area (Å²) in [7, 11) is -4.63. The van der Waals surface area contributed by atoms with E-state index in [0.29, 0.717) is 42.7 Å². The van der Waals surface area contributed by atoms with Crippen LogP contribution in [0.2, 0.25) is 5.02 Å². The van der Waals surface area contributed by atoms with Crippen LogP contribution in [0.1, 0.15) is 71.6 Å². The standard InChI is InChI=1S/C54H51ClN6O8S/c1-35-12-13-40(30-46(35)55)57-48-19-16-44(32-49(48)61(64)65)70(66,67)58-52(62)45-17-14-41(31-50(45)69-43-15-18-47-38(28-43)20-25-56-47)59-26-21-36(22-27-59)33-60-51(54(53(60)63)23-5-6-24-54)39-10-7-11-42(29-39)68-34-37-8-3-2-4-9-37/h2-4,7-20,25,28-32,36,51,56-57H,5-6,21-24,26-27,33-34H2,1H3,(H,58,62). The molecule has 16 heteroatoms. The molecule has 1 saturated carbocycles. The maximum Gasteiger partial charge on any atom is 0.294 e. The fourth-order valence-electron chi connectivity index (χ4n) is 10.3. The molecule has 3 N–H and O–H groups in total. The van der Waals surface area contributed by atoms with Crippen LogP contribution < -0.4 is 24.4 Å². The molecule has 1 atom stereocenters.